The van der Waals surface area contributed by atoms with Crippen molar-refractivity contribution in [2.75, 3.05) is 11.3 Å². The summed E-state index contributed by atoms with van der Waals surface area (Å²) in [5.41, 5.74) is 1.04. The van der Waals surface area contributed by atoms with Gasteiger partial charge < -0.3 is 5.32 Å². The van der Waals surface area contributed by atoms with E-state index in [9.17, 15) is 8.42 Å². The summed E-state index contributed by atoms with van der Waals surface area (Å²) in [6.07, 6.45) is 1.53. The summed E-state index contributed by atoms with van der Waals surface area (Å²) in [5, 5.41) is 3.19. The number of aromatic nitrogens is 1. The van der Waals surface area contributed by atoms with Crippen molar-refractivity contribution >= 4 is 31.8 Å². The summed E-state index contributed by atoms with van der Waals surface area (Å²) in [6, 6.07) is 10.2. The van der Waals surface area contributed by atoms with Gasteiger partial charge >= 0.3 is 0 Å². The quantitative estimate of drug-likeness (QED) is 0.820. The molecular weight excluding hydrogens is 354 g/mol. The Labute approximate surface area is 133 Å². The second-order valence-corrected chi connectivity index (χ2v) is 6.90. The molecule has 1 aromatic carbocycles. The molecule has 21 heavy (non-hydrogen) atoms. The number of hydrogen-bond donors (Lipinski definition) is 2. The van der Waals surface area contributed by atoms with E-state index in [0.29, 0.717) is 4.47 Å². The van der Waals surface area contributed by atoms with Gasteiger partial charge in [0, 0.05) is 12.7 Å². The van der Waals surface area contributed by atoms with Crippen LogP contribution in [0, 0.1) is 0 Å². The molecular formula is C14H16BrN3O2S. The molecule has 1 heterocycles. The zero-order valence-electron chi connectivity index (χ0n) is 11.5. The number of benzene rings is 1. The fourth-order valence-electron chi connectivity index (χ4n) is 1.70. The molecule has 2 rings (SSSR count). The highest BCUT2D eigenvalue weighted by molar-refractivity contribution is 9.10. The van der Waals surface area contributed by atoms with Crippen LogP contribution in [0.4, 0.5) is 5.82 Å². The fraction of sp³-hybridized carbons (Fsp3) is 0.214. The molecule has 2 N–H and O–H groups in total. The van der Waals surface area contributed by atoms with Gasteiger partial charge in [0.1, 0.15) is 0 Å². The normalized spacial score (nSPS) is 11.3. The van der Waals surface area contributed by atoms with Crippen LogP contribution >= 0.6 is 15.9 Å². The van der Waals surface area contributed by atoms with Crippen LogP contribution in [0.25, 0.3) is 0 Å². The maximum Gasteiger partial charge on any atom is 0.263 e. The monoisotopic (exact) mass is 369 g/mol. The van der Waals surface area contributed by atoms with E-state index < -0.39 is 10.0 Å². The highest BCUT2D eigenvalue weighted by atomic mass is 79.9. The zero-order chi connectivity index (χ0) is 15.3. The van der Waals surface area contributed by atoms with Crippen LogP contribution in [0.5, 0.6) is 0 Å². The van der Waals surface area contributed by atoms with E-state index in [1.807, 2.05) is 6.92 Å². The number of nitrogens with one attached hydrogen (secondary N) is 2. The Morgan fingerprint density at radius 2 is 1.90 bits per heavy atom. The van der Waals surface area contributed by atoms with Crippen LogP contribution in [0.3, 0.4) is 0 Å². The minimum absolute atomic E-state index is 0.209. The molecule has 0 spiro atoms. The largest absolute Gasteiger partial charge is 0.313 e. The van der Waals surface area contributed by atoms with Crippen LogP contribution in [0.1, 0.15) is 12.5 Å². The van der Waals surface area contributed by atoms with Gasteiger partial charge in [0.15, 0.2) is 5.82 Å². The summed E-state index contributed by atoms with van der Waals surface area (Å²) in [4.78, 5) is 4.21. The molecule has 0 unspecified atom stereocenters. The van der Waals surface area contributed by atoms with Gasteiger partial charge in [0.2, 0.25) is 0 Å². The first-order valence-electron chi connectivity index (χ1n) is 6.46. The average molecular weight is 370 g/mol. The molecule has 0 fully saturated rings. The Hall–Kier alpha value is -1.44. The lowest BCUT2D eigenvalue weighted by Crippen LogP contribution is -2.15. The lowest BCUT2D eigenvalue weighted by molar-refractivity contribution is 0.601. The third-order valence-electron chi connectivity index (χ3n) is 2.80. The number of nitrogens with zero attached hydrogens (tertiary/aromatic N) is 1. The number of halogens is 1. The molecule has 0 aliphatic rings. The van der Waals surface area contributed by atoms with E-state index in [1.54, 1.807) is 36.4 Å². The summed E-state index contributed by atoms with van der Waals surface area (Å²) in [7, 11) is -3.64. The molecule has 7 heteroatoms. The van der Waals surface area contributed by atoms with Crippen molar-refractivity contribution in [3.8, 4) is 0 Å². The molecule has 112 valence electrons. The molecule has 0 aliphatic heterocycles. The summed E-state index contributed by atoms with van der Waals surface area (Å²) < 4.78 is 27.6. The molecule has 0 atom stereocenters. The first-order chi connectivity index (χ1) is 10.0. The highest BCUT2D eigenvalue weighted by Crippen LogP contribution is 2.22. The van der Waals surface area contributed by atoms with Gasteiger partial charge in [0.25, 0.3) is 10.0 Å². The van der Waals surface area contributed by atoms with Gasteiger partial charge in [-0.3, -0.25) is 4.72 Å². The van der Waals surface area contributed by atoms with E-state index in [1.165, 1.54) is 6.20 Å². The third kappa shape index (κ3) is 4.26. The molecule has 0 aliphatic carbocycles. The standard InChI is InChI=1S/C14H16BrN3O2S/c1-2-16-10-11-5-7-12(8-6-11)21(19,20)18-14-13(15)4-3-9-17-14/h3-9,16H,2,10H2,1H3,(H,17,18). The third-order valence-corrected chi connectivity index (χ3v) is 4.80. The van der Waals surface area contributed by atoms with Crippen molar-refractivity contribution < 1.29 is 8.42 Å². The summed E-state index contributed by atoms with van der Waals surface area (Å²) >= 11 is 3.26. The van der Waals surface area contributed by atoms with Crippen molar-refractivity contribution in [2.24, 2.45) is 0 Å². The SMILES string of the molecule is CCNCc1ccc(S(=O)(=O)Nc2ncccc2Br)cc1. The van der Waals surface area contributed by atoms with E-state index in [0.717, 1.165) is 18.7 Å². The number of sulfonamides is 1. The number of hydrogen-bond acceptors (Lipinski definition) is 4. The van der Waals surface area contributed by atoms with Crippen LogP contribution in [0.15, 0.2) is 52.0 Å². The smallest absolute Gasteiger partial charge is 0.263 e. The van der Waals surface area contributed by atoms with E-state index in [4.69, 9.17) is 0 Å². The van der Waals surface area contributed by atoms with Gasteiger partial charge in [0.05, 0.1) is 9.37 Å². The van der Waals surface area contributed by atoms with Crippen molar-refractivity contribution in [1.82, 2.24) is 10.3 Å². The zero-order valence-corrected chi connectivity index (χ0v) is 13.9. The highest BCUT2D eigenvalue weighted by Gasteiger charge is 2.16. The molecule has 0 amide bonds. The van der Waals surface area contributed by atoms with E-state index >= 15 is 0 Å². The summed E-state index contributed by atoms with van der Waals surface area (Å²) in [5.74, 6) is 0.272. The molecule has 2 aromatic rings. The van der Waals surface area contributed by atoms with Gasteiger partial charge in [-0.15, -0.1) is 0 Å². The minimum atomic E-state index is -3.64. The molecule has 0 saturated carbocycles. The van der Waals surface area contributed by atoms with Crippen LogP contribution in [0.2, 0.25) is 0 Å². The molecule has 5 nitrogen and oxygen atoms in total. The Kier molecular flexibility index (Phi) is 5.33. The Bertz CT molecular complexity index is 702. The molecule has 0 radical (unpaired) electrons. The lowest BCUT2D eigenvalue weighted by atomic mass is 10.2. The van der Waals surface area contributed by atoms with E-state index in [-0.39, 0.29) is 10.7 Å². The Balaban J connectivity index is 2.18. The average Bonchev–Trinajstić information content (AvgIpc) is 2.48. The number of pyridine rings is 1. The topological polar surface area (TPSA) is 71.1 Å². The second kappa shape index (κ2) is 7.02. The van der Waals surface area contributed by atoms with Crippen molar-refractivity contribution in [3.63, 3.8) is 0 Å². The van der Waals surface area contributed by atoms with Crippen molar-refractivity contribution in [2.45, 2.75) is 18.4 Å². The Morgan fingerprint density at radius 3 is 2.52 bits per heavy atom. The van der Waals surface area contributed by atoms with E-state index in [2.05, 4.69) is 31.0 Å². The second-order valence-electron chi connectivity index (χ2n) is 4.36. The Morgan fingerprint density at radius 1 is 1.19 bits per heavy atom. The maximum atomic E-state index is 12.3. The summed E-state index contributed by atoms with van der Waals surface area (Å²) in [6.45, 7) is 3.61. The number of anilines is 1. The van der Waals surface area contributed by atoms with Gasteiger partial charge in [-0.05, 0) is 52.3 Å². The first-order valence-corrected chi connectivity index (χ1v) is 8.73. The molecule has 1 aromatic heterocycles. The minimum Gasteiger partial charge on any atom is -0.313 e. The van der Waals surface area contributed by atoms with Crippen LogP contribution in [-0.2, 0) is 16.6 Å². The van der Waals surface area contributed by atoms with Crippen molar-refractivity contribution in [3.05, 3.63) is 52.6 Å². The lowest BCUT2D eigenvalue weighted by Gasteiger charge is -2.09. The van der Waals surface area contributed by atoms with Crippen LogP contribution < -0.4 is 10.0 Å². The predicted molar refractivity (Wildman–Crippen MR) is 86.6 cm³/mol. The van der Waals surface area contributed by atoms with Crippen LogP contribution in [-0.4, -0.2) is 19.9 Å². The first kappa shape index (κ1) is 15.9. The maximum absolute atomic E-state index is 12.3. The van der Waals surface area contributed by atoms with Crippen molar-refractivity contribution in [1.29, 1.82) is 0 Å². The fourth-order valence-corrected chi connectivity index (χ4v) is 3.22. The predicted octanol–water partition coefficient (Wildman–Crippen LogP) is 2.75. The van der Waals surface area contributed by atoms with Gasteiger partial charge in [-0.2, -0.15) is 0 Å². The molecule has 0 bridgehead atoms. The van der Waals surface area contributed by atoms with Gasteiger partial charge in [-0.1, -0.05) is 19.1 Å². The number of rotatable bonds is 6. The molecule has 0 saturated heterocycles. The van der Waals surface area contributed by atoms with Gasteiger partial charge in [-0.25, -0.2) is 13.4 Å².